The lowest BCUT2D eigenvalue weighted by Crippen LogP contribution is -2.37. The van der Waals surface area contributed by atoms with Crippen LogP contribution in [0.5, 0.6) is 0 Å². The van der Waals surface area contributed by atoms with Gasteiger partial charge in [-0.25, -0.2) is 0 Å². The van der Waals surface area contributed by atoms with Crippen molar-refractivity contribution in [2.24, 2.45) is 0 Å². The third kappa shape index (κ3) is 5.61. The molecule has 0 saturated heterocycles. The number of Topliss-reactive ketones (excluding diaryl/α,β-unsaturated/α-hetero) is 1. The van der Waals surface area contributed by atoms with E-state index in [1.54, 1.807) is 6.20 Å². The standard InChI is InChI=1S/C13H20N2O/c1-13(2,3)15-9-7-12(16)10-11-6-4-5-8-14-11/h4-6,8,15H,7,9-10H2,1-3H3. The van der Waals surface area contributed by atoms with Gasteiger partial charge in [-0.15, -0.1) is 0 Å². The smallest absolute Gasteiger partial charge is 0.140 e. The van der Waals surface area contributed by atoms with Gasteiger partial charge in [0.25, 0.3) is 0 Å². The van der Waals surface area contributed by atoms with Crippen molar-refractivity contribution in [1.29, 1.82) is 0 Å². The van der Waals surface area contributed by atoms with E-state index < -0.39 is 0 Å². The van der Waals surface area contributed by atoms with Crippen molar-refractivity contribution in [3.8, 4) is 0 Å². The van der Waals surface area contributed by atoms with E-state index in [0.717, 1.165) is 12.2 Å². The molecule has 1 aromatic heterocycles. The molecule has 1 rings (SSSR count). The van der Waals surface area contributed by atoms with E-state index >= 15 is 0 Å². The van der Waals surface area contributed by atoms with Gasteiger partial charge in [-0.05, 0) is 32.9 Å². The van der Waals surface area contributed by atoms with Gasteiger partial charge >= 0.3 is 0 Å². The van der Waals surface area contributed by atoms with Crippen molar-refractivity contribution < 1.29 is 4.79 Å². The first-order chi connectivity index (χ1) is 7.47. The van der Waals surface area contributed by atoms with Gasteiger partial charge in [0.05, 0.1) is 0 Å². The van der Waals surface area contributed by atoms with Crippen LogP contribution in [0.25, 0.3) is 0 Å². The molecule has 88 valence electrons. The van der Waals surface area contributed by atoms with Crippen LogP contribution in [0.4, 0.5) is 0 Å². The summed E-state index contributed by atoms with van der Waals surface area (Å²) in [6.07, 6.45) is 2.72. The van der Waals surface area contributed by atoms with E-state index in [0.29, 0.717) is 12.8 Å². The molecule has 0 atom stereocenters. The van der Waals surface area contributed by atoms with Gasteiger partial charge in [0, 0.05) is 36.8 Å². The highest BCUT2D eigenvalue weighted by Crippen LogP contribution is 2.00. The summed E-state index contributed by atoms with van der Waals surface area (Å²) < 4.78 is 0. The van der Waals surface area contributed by atoms with Gasteiger partial charge in [-0.1, -0.05) is 6.07 Å². The molecule has 1 N–H and O–H groups in total. The average molecular weight is 220 g/mol. The van der Waals surface area contributed by atoms with Crippen LogP contribution >= 0.6 is 0 Å². The zero-order valence-electron chi connectivity index (χ0n) is 10.3. The van der Waals surface area contributed by atoms with Crippen LogP contribution in [0.1, 0.15) is 32.9 Å². The molecule has 1 heterocycles. The molecule has 3 heteroatoms. The molecular formula is C13H20N2O. The summed E-state index contributed by atoms with van der Waals surface area (Å²) in [5.74, 6) is 0.232. The predicted octanol–water partition coefficient (Wildman–Crippen LogP) is 1.97. The second kappa shape index (κ2) is 5.75. The number of carbonyl (C=O) groups excluding carboxylic acids is 1. The number of carbonyl (C=O) groups is 1. The van der Waals surface area contributed by atoms with E-state index in [-0.39, 0.29) is 11.3 Å². The Labute approximate surface area is 97.3 Å². The molecular weight excluding hydrogens is 200 g/mol. The van der Waals surface area contributed by atoms with Crippen molar-refractivity contribution in [2.75, 3.05) is 6.54 Å². The molecule has 0 spiro atoms. The molecule has 0 unspecified atom stereocenters. The Morgan fingerprint density at radius 2 is 2.12 bits per heavy atom. The molecule has 0 fully saturated rings. The summed E-state index contributed by atoms with van der Waals surface area (Å²) >= 11 is 0. The first-order valence-electron chi connectivity index (χ1n) is 5.64. The summed E-state index contributed by atoms with van der Waals surface area (Å²) in [5, 5.41) is 3.30. The highest BCUT2D eigenvalue weighted by Gasteiger charge is 2.10. The van der Waals surface area contributed by atoms with Crippen LogP contribution < -0.4 is 5.32 Å². The van der Waals surface area contributed by atoms with Gasteiger partial charge in [0.1, 0.15) is 5.78 Å². The zero-order chi connectivity index (χ0) is 12.0. The second-order valence-corrected chi connectivity index (χ2v) is 4.96. The lowest BCUT2D eigenvalue weighted by Gasteiger charge is -2.19. The normalized spacial score (nSPS) is 11.4. The Morgan fingerprint density at radius 1 is 1.38 bits per heavy atom. The number of hydrogen-bond donors (Lipinski definition) is 1. The van der Waals surface area contributed by atoms with Gasteiger partial charge in [-0.2, -0.15) is 0 Å². The Bertz CT molecular complexity index is 328. The molecule has 0 aliphatic heterocycles. The van der Waals surface area contributed by atoms with Crippen molar-refractivity contribution in [3.05, 3.63) is 30.1 Å². The molecule has 16 heavy (non-hydrogen) atoms. The topological polar surface area (TPSA) is 42.0 Å². The summed E-state index contributed by atoms with van der Waals surface area (Å²) in [6, 6.07) is 5.65. The fraction of sp³-hybridized carbons (Fsp3) is 0.538. The first-order valence-corrected chi connectivity index (χ1v) is 5.64. The van der Waals surface area contributed by atoms with Crippen LogP contribution in [0.3, 0.4) is 0 Å². The zero-order valence-corrected chi connectivity index (χ0v) is 10.3. The molecule has 0 bridgehead atoms. The Kier molecular flexibility index (Phi) is 4.62. The van der Waals surface area contributed by atoms with Gasteiger partial charge in [0.15, 0.2) is 0 Å². The number of pyridine rings is 1. The van der Waals surface area contributed by atoms with Crippen LogP contribution in [0, 0.1) is 0 Å². The molecule has 3 nitrogen and oxygen atoms in total. The SMILES string of the molecule is CC(C)(C)NCCC(=O)Cc1ccccn1. The van der Waals surface area contributed by atoms with E-state index in [4.69, 9.17) is 0 Å². The van der Waals surface area contributed by atoms with Crippen LogP contribution in [-0.4, -0.2) is 22.9 Å². The maximum Gasteiger partial charge on any atom is 0.140 e. The first kappa shape index (κ1) is 12.8. The van der Waals surface area contributed by atoms with Gasteiger partial charge in [0.2, 0.25) is 0 Å². The van der Waals surface area contributed by atoms with Crippen molar-refractivity contribution >= 4 is 5.78 Å². The molecule has 0 saturated carbocycles. The molecule has 0 aliphatic rings. The monoisotopic (exact) mass is 220 g/mol. The number of nitrogens with one attached hydrogen (secondary N) is 1. The maximum atomic E-state index is 11.6. The lowest BCUT2D eigenvalue weighted by atomic mass is 10.1. The fourth-order valence-electron chi connectivity index (χ4n) is 1.37. The molecule has 0 aromatic carbocycles. The molecule has 1 aromatic rings. The van der Waals surface area contributed by atoms with Crippen molar-refractivity contribution in [2.45, 2.75) is 39.2 Å². The summed E-state index contributed by atoms with van der Waals surface area (Å²) in [6.45, 7) is 7.01. The van der Waals surface area contributed by atoms with E-state index in [9.17, 15) is 4.79 Å². The highest BCUT2D eigenvalue weighted by molar-refractivity contribution is 5.80. The molecule has 0 radical (unpaired) electrons. The van der Waals surface area contributed by atoms with Gasteiger partial charge in [-0.3, -0.25) is 9.78 Å². The predicted molar refractivity (Wildman–Crippen MR) is 65.3 cm³/mol. The highest BCUT2D eigenvalue weighted by atomic mass is 16.1. The maximum absolute atomic E-state index is 11.6. The third-order valence-corrected chi connectivity index (χ3v) is 2.16. The van der Waals surface area contributed by atoms with E-state index in [1.807, 2.05) is 18.2 Å². The number of aromatic nitrogens is 1. The Hall–Kier alpha value is -1.22. The lowest BCUT2D eigenvalue weighted by molar-refractivity contribution is -0.118. The number of rotatable bonds is 5. The summed E-state index contributed by atoms with van der Waals surface area (Å²) in [4.78, 5) is 15.8. The van der Waals surface area contributed by atoms with E-state index in [1.165, 1.54) is 0 Å². The quantitative estimate of drug-likeness (QED) is 0.825. The van der Waals surface area contributed by atoms with Crippen LogP contribution in [0.15, 0.2) is 24.4 Å². The van der Waals surface area contributed by atoms with Crippen LogP contribution in [0.2, 0.25) is 0 Å². The minimum Gasteiger partial charge on any atom is -0.312 e. The molecule has 0 amide bonds. The minimum absolute atomic E-state index is 0.0747. The number of ketones is 1. The Balaban J connectivity index is 2.27. The van der Waals surface area contributed by atoms with Crippen molar-refractivity contribution in [1.82, 2.24) is 10.3 Å². The van der Waals surface area contributed by atoms with Crippen molar-refractivity contribution in [3.63, 3.8) is 0 Å². The molecule has 0 aliphatic carbocycles. The van der Waals surface area contributed by atoms with E-state index in [2.05, 4.69) is 31.1 Å². The summed E-state index contributed by atoms with van der Waals surface area (Å²) in [7, 11) is 0. The number of nitrogens with zero attached hydrogens (tertiary/aromatic N) is 1. The number of hydrogen-bond acceptors (Lipinski definition) is 3. The summed E-state index contributed by atoms with van der Waals surface area (Å²) in [5.41, 5.74) is 0.925. The largest absolute Gasteiger partial charge is 0.312 e. The minimum atomic E-state index is 0.0747. The fourth-order valence-corrected chi connectivity index (χ4v) is 1.37. The average Bonchev–Trinajstić information content (AvgIpc) is 2.17. The van der Waals surface area contributed by atoms with Gasteiger partial charge < -0.3 is 5.32 Å². The Morgan fingerprint density at radius 3 is 2.69 bits per heavy atom. The third-order valence-electron chi connectivity index (χ3n) is 2.16. The van der Waals surface area contributed by atoms with Crippen LogP contribution in [-0.2, 0) is 11.2 Å². The second-order valence-electron chi connectivity index (χ2n) is 4.96.